The van der Waals surface area contributed by atoms with Gasteiger partial charge in [-0.3, -0.25) is 19.3 Å². The number of fused-ring (bicyclic) bond motifs is 2. The van der Waals surface area contributed by atoms with Gasteiger partial charge in [0.2, 0.25) is 5.91 Å². The Morgan fingerprint density at radius 1 is 1.19 bits per heavy atom. The summed E-state index contributed by atoms with van der Waals surface area (Å²) < 4.78 is 0. The van der Waals surface area contributed by atoms with Crippen LogP contribution in [0.3, 0.4) is 0 Å². The second-order valence-electron chi connectivity index (χ2n) is 6.91. The maximum Gasteiger partial charge on any atom is 0.289 e. The first-order chi connectivity index (χ1) is 12.1. The first kappa shape index (κ1) is 19.2. The highest BCUT2D eigenvalue weighted by atomic mass is 35.5. The van der Waals surface area contributed by atoms with Gasteiger partial charge in [-0.15, -0.1) is 12.4 Å². The molecule has 6 nitrogen and oxygen atoms in total. The summed E-state index contributed by atoms with van der Waals surface area (Å²) in [5, 5.41) is 3.37. The lowest BCUT2D eigenvalue weighted by molar-refractivity contribution is -0.125. The van der Waals surface area contributed by atoms with Crippen LogP contribution in [0.4, 0.5) is 4.79 Å². The van der Waals surface area contributed by atoms with E-state index in [0.717, 1.165) is 43.3 Å². The Kier molecular flexibility index (Phi) is 5.89. The minimum Gasteiger partial charge on any atom is -0.337 e. The molecule has 1 aromatic carbocycles. The molecule has 8 heteroatoms. The van der Waals surface area contributed by atoms with Gasteiger partial charge in [-0.25, -0.2) is 0 Å². The molecule has 3 amide bonds. The molecule has 3 aliphatic heterocycles. The van der Waals surface area contributed by atoms with Crippen LogP contribution in [0, 0.1) is 0 Å². The monoisotopic (exact) mass is 395 g/mol. The smallest absolute Gasteiger partial charge is 0.289 e. The SMILES string of the molecule is Cl.O=C(c1cccc(CN2C(=O)CSC2=O)c1)N1CCC2CCC(C1)N2. The van der Waals surface area contributed by atoms with Crippen molar-refractivity contribution in [2.24, 2.45) is 0 Å². The second-order valence-corrected chi connectivity index (χ2v) is 7.84. The van der Waals surface area contributed by atoms with E-state index in [2.05, 4.69) is 5.32 Å². The van der Waals surface area contributed by atoms with Crippen molar-refractivity contribution in [2.75, 3.05) is 18.8 Å². The molecule has 3 fully saturated rings. The first-order valence-electron chi connectivity index (χ1n) is 8.71. The molecular formula is C18H22ClN3O3S. The summed E-state index contributed by atoms with van der Waals surface area (Å²) in [4.78, 5) is 39.6. The molecule has 0 spiro atoms. The highest BCUT2D eigenvalue weighted by Crippen LogP contribution is 2.23. The number of amides is 3. The fourth-order valence-electron chi connectivity index (χ4n) is 3.83. The Bertz CT molecular complexity index is 713. The predicted molar refractivity (Wildman–Crippen MR) is 103 cm³/mol. The number of carbonyl (C=O) groups excluding carboxylic acids is 3. The summed E-state index contributed by atoms with van der Waals surface area (Å²) in [6.07, 6.45) is 3.33. The molecule has 0 aromatic heterocycles. The van der Waals surface area contributed by atoms with Gasteiger partial charge in [0.25, 0.3) is 11.1 Å². The van der Waals surface area contributed by atoms with E-state index >= 15 is 0 Å². The number of halogens is 1. The molecular weight excluding hydrogens is 374 g/mol. The third-order valence-corrected chi connectivity index (χ3v) is 6.02. The maximum atomic E-state index is 12.9. The maximum absolute atomic E-state index is 12.9. The molecule has 2 unspecified atom stereocenters. The van der Waals surface area contributed by atoms with E-state index in [1.807, 2.05) is 29.2 Å². The molecule has 3 heterocycles. The van der Waals surface area contributed by atoms with Crippen LogP contribution < -0.4 is 5.32 Å². The molecule has 2 bridgehead atoms. The number of benzene rings is 1. The van der Waals surface area contributed by atoms with Crippen LogP contribution >= 0.6 is 24.2 Å². The van der Waals surface area contributed by atoms with E-state index in [9.17, 15) is 14.4 Å². The zero-order valence-electron chi connectivity index (χ0n) is 14.3. The topological polar surface area (TPSA) is 69.7 Å². The Morgan fingerprint density at radius 3 is 2.77 bits per heavy atom. The fourth-order valence-corrected chi connectivity index (χ4v) is 4.55. The van der Waals surface area contributed by atoms with E-state index < -0.39 is 0 Å². The summed E-state index contributed by atoms with van der Waals surface area (Å²) in [5.41, 5.74) is 1.44. The number of nitrogens with zero attached hydrogens (tertiary/aromatic N) is 2. The van der Waals surface area contributed by atoms with Gasteiger partial charge >= 0.3 is 0 Å². The minimum absolute atomic E-state index is 0. The molecule has 26 heavy (non-hydrogen) atoms. The van der Waals surface area contributed by atoms with Crippen LogP contribution in [0.15, 0.2) is 24.3 Å². The number of imide groups is 1. The average Bonchev–Trinajstić information content (AvgIpc) is 3.10. The highest BCUT2D eigenvalue weighted by molar-refractivity contribution is 8.14. The van der Waals surface area contributed by atoms with Gasteiger partial charge in [-0.1, -0.05) is 23.9 Å². The Labute approximate surface area is 163 Å². The van der Waals surface area contributed by atoms with Crippen LogP contribution in [-0.4, -0.2) is 57.8 Å². The molecule has 0 saturated carbocycles. The molecule has 0 aliphatic carbocycles. The van der Waals surface area contributed by atoms with Gasteiger partial charge in [0.15, 0.2) is 0 Å². The van der Waals surface area contributed by atoms with Crippen molar-refractivity contribution < 1.29 is 14.4 Å². The van der Waals surface area contributed by atoms with E-state index in [1.54, 1.807) is 0 Å². The van der Waals surface area contributed by atoms with E-state index in [1.165, 1.54) is 11.3 Å². The van der Waals surface area contributed by atoms with Gasteiger partial charge in [0, 0.05) is 30.7 Å². The van der Waals surface area contributed by atoms with Gasteiger partial charge in [0.1, 0.15) is 0 Å². The predicted octanol–water partition coefficient (Wildman–Crippen LogP) is 2.27. The summed E-state index contributed by atoms with van der Waals surface area (Å²) in [7, 11) is 0. The molecule has 1 N–H and O–H groups in total. The molecule has 3 aliphatic rings. The van der Waals surface area contributed by atoms with Crippen LogP contribution in [0.1, 0.15) is 35.2 Å². The van der Waals surface area contributed by atoms with Crippen molar-refractivity contribution in [3.05, 3.63) is 35.4 Å². The standard InChI is InChI=1S/C18H21N3O3S.ClH/c22-16-11-25-18(24)21(16)9-12-2-1-3-13(8-12)17(23)20-7-6-14-4-5-15(10-20)19-14;/h1-3,8,14-15,19H,4-7,9-11H2;1H. The fraction of sp³-hybridized carbons (Fsp3) is 0.500. The molecule has 2 atom stereocenters. The van der Waals surface area contributed by atoms with Crippen LogP contribution in [-0.2, 0) is 11.3 Å². The van der Waals surface area contributed by atoms with E-state index in [0.29, 0.717) is 17.6 Å². The van der Waals surface area contributed by atoms with Gasteiger partial charge < -0.3 is 10.2 Å². The molecule has 140 valence electrons. The number of rotatable bonds is 3. The summed E-state index contributed by atoms with van der Waals surface area (Å²) in [5.74, 6) is 0.0758. The first-order valence-corrected chi connectivity index (χ1v) is 9.70. The molecule has 3 saturated heterocycles. The summed E-state index contributed by atoms with van der Waals surface area (Å²) in [6, 6.07) is 8.23. The minimum atomic E-state index is -0.212. The second kappa shape index (κ2) is 7.98. The largest absolute Gasteiger partial charge is 0.337 e. The Balaban J connectivity index is 0.00000196. The molecule has 4 rings (SSSR count). The third-order valence-electron chi connectivity index (χ3n) is 5.17. The van der Waals surface area contributed by atoms with E-state index in [-0.39, 0.29) is 41.8 Å². The average molecular weight is 396 g/mol. The zero-order chi connectivity index (χ0) is 17.4. The van der Waals surface area contributed by atoms with Crippen LogP contribution in [0.2, 0.25) is 0 Å². The van der Waals surface area contributed by atoms with Crippen LogP contribution in [0.5, 0.6) is 0 Å². The van der Waals surface area contributed by atoms with Crippen molar-refractivity contribution in [1.29, 1.82) is 0 Å². The summed E-state index contributed by atoms with van der Waals surface area (Å²) in [6.45, 7) is 1.76. The van der Waals surface area contributed by atoms with Crippen molar-refractivity contribution in [1.82, 2.24) is 15.1 Å². The number of thioether (sulfide) groups is 1. The Hall–Kier alpha value is -1.57. The van der Waals surface area contributed by atoms with Gasteiger partial charge in [0.05, 0.1) is 12.3 Å². The lowest BCUT2D eigenvalue weighted by Crippen LogP contribution is -2.39. The van der Waals surface area contributed by atoms with Gasteiger partial charge in [-0.2, -0.15) is 0 Å². The normalized spacial score (nSPS) is 25.2. The molecule has 1 aromatic rings. The number of hydrogen-bond acceptors (Lipinski definition) is 5. The highest BCUT2D eigenvalue weighted by Gasteiger charge is 2.32. The third kappa shape index (κ3) is 3.89. The Morgan fingerprint density at radius 2 is 2.00 bits per heavy atom. The molecule has 0 radical (unpaired) electrons. The van der Waals surface area contributed by atoms with E-state index in [4.69, 9.17) is 0 Å². The number of nitrogens with one attached hydrogen (secondary N) is 1. The van der Waals surface area contributed by atoms with Gasteiger partial charge in [-0.05, 0) is 37.0 Å². The lowest BCUT2D eigenvalue weighted by Gasteiger charge is -2.24. The van der Waals surface area contributed by atoms with Crippen LogP contribution in [0.25, 0.3) is 0 Å². The summed E-state index contributed by atoms with van der Waals surface area (Å²) >= 11 is 1.03. The lowest BCUT2D eigenvalue weighted by atomic mass is 10.1. The quantitative estimate of drug-likeness (QED) is 0.850. The van der Waals surface area contributed by atoms with Crippen molar-refractivity contribution in [3.8, 4) is 0 Å². The number of carbonyl (C=O) groups is 3. The number of likely N-dealkylation sites (tertiary alicyclic amines) is 1. The number of hydrogen-bond donors (Lipinski definition) is 1. The van der Waals surface area contributed by atoms with Crippen molar-refractivity contribution in [2.45, 2.75) is 37.9 Å². The van der Waals surface area contributed by atoms with Crippen molar-refractivity contribution >= 4 is 41.2 Å². The van der Waals surface area contributed by atoms with Crippen molar-refractivity contribution in [3.63, 3.8) is 0 Å². The zero-order valence-corrected chi connectivity index (χ0v) is 16.0.